The van der Waals surface area contributed by atoms with Gasteiger partial charge in [0.1, 0.15) is 12.4 Å². The van der Waals surface area contributed by atoms with Crippen LogP contribution in [0.15, 0.2) is 42.5 Å². The van der Waals surface area contributed by atoms with E-state index in [1.54, 1.807) is 0 Å². The lowest BCUT2D eigenvalue weighted by molar-refractivity contribution is 0.306. The van der Waals surface area contributed by atoms with Gasteiger partial charge < -0.3 is 4.74 Å². The lowest BCUT2D eigenvalue weighted by atomic mass is 10.1. The van der Waals surface area contributed by atoms with E-state index >= 15 is 0 Å². The fraction of sp³-hybridized carbons (Fsp3) is 0.200. The van der Waals surface area contributed by atoms with Gasteiger partial charge in [-0.15, -0.1) is 0 Å². The van der Waals surface area contributed by atoms with Gasteiger partial charge in [-0.2, -0.15) is 0 Å². The molecule has 1 nitrogen and oxygen atoms in total. The van der Waals surface area contributed by atoms with Crippen molar-refractivity contribution in [3.63, 3.8) is 0 Å². The second-order valence-corrected chi connectivity index (χ2v) is 5.67. The summed E-state index contributed by atoms with van der Waals surface area (Å²) >= 11 is 8.37. The Labute approximate surface area is 126 Å². The highest BCUT2D eigenvalue weighted by Gasteiger charge is 2.01. The summed E-state index contributed by atoms with van der Waals surface area (Å²) in [6, 6.07) is 14.1. The van der Waals surface area contributed by atoms with Crippen LogP contribution in [0.3, 0.4) is 0 Å². The number of aryl methyl sites for hydroxylation is 1. The summed E-state index contributed by atoms with van der Waals surface area (Å²) in [7, 11) is 0. The first kappa shape index (κ1) is 13.7. The SMILES string of the molecule is CCc1cc(OCc2ccc(I)cc2)ccc1Cl. The highest BCUT2D eigenvalue weighted by Crippen LogP contribution is 2.23. The average molecular weight is 373 g/mol. The van der Waals surface area contributed by atoms with Crippen molar-refractivity contribution >= 4 is 34.2 Å². The minimum Gasteiger partial charge on any atom is -0.489 e. The van der Waals surface area contributed by atoms with Crippen LogP contribution in [0.1, 0.15) is 18.1 Å². The Morgan fingerprint density at radius 3 is 2.50 bits per heavy atom. The van der Waals surface area contributed by atoms with Crippen LogP contribution in [0.4, 0.5) is 0 Å². The predicted molar refractivity (Wildman–Crippen MR) is 84.3 cm³/mol. The molecule has 2 rings (SSSR count). The molecule has 18 heavy (non-hydrogen) atoms. The maximum atomic E-state index is 6.07. The molecule has 0 heterocycles. The molecule has 0 amide bonds. The second kappa shape index (κ2) is 6.43. The van der Waals surface area contributed by atoms with Crippen LogP contribution in [0.2, 0.25) is 5.02 Å². The smallest absolute Gasteiger partial charge is 0.120 e. The monoisotopic (exact) mass is 372 g/mol. The van der Waals surface area contributed by atoms with E-state index in [0.717, 1.165) is 22.8 Å². The van der Waals surface area contributed by atoms with Crippen molar-refractivity contribution in [3.05, 3.63) is 62.2 Å². The zero-order valence-corrected chi connectivity index (χ0v) is 13.0. The molecule has 0 fully saturated rings. The Morgan fingerprint density at radius 2 is 1.83 bits per heavy atom. The zero-order valence-electron chi connectivity index (χ0n) is 10.1. The maximum Gasteiger partial charge on any atom is 0.120 e. The van der Waals surface area contributed by atoms with E-state index < -0.39 is 0 Å². The van der Waals surface area contributed by atoms with Gasteiger partial charge in [0.25, 0.3) is 0 Å². The number of halogens is 2. The third-order valence-electron chi connectivity index (χ3n) is 2.72. The Balaban J connectivity index is 2.04. The summed E-state index contributed by atoms with van der Waals surface area (Å²) in [4.78, 5) is 0. The third kappa shape index (κ3) is 3.62. The van der Waals surface area contributed by atoms with Crippen molar-refractivity contribution in [1.29, 1.82) is 0 Å². The molecule has 0 aromatic heterocycles. The van der Waals surface area contributed by atoms with Gasteiger partial charge in [-0.1, -0.05) is 30.7 Å². The van der Waals surface area contributed by atoms with Gasteiger partial charge in [-0.05, 0) is 70.5 Å². The predicted octanol–water partition coefficient (Wildman–Crippen LogP) is 5.09. The fourth-order valence-corrected chi connectivity index (χ4v) is 2.27. The first-order valence-corrected chi connectivity index (χ1v) is 7.30. The molecule has 3 heteroatoms. The molecule has 0 atom stereocenters. The Hall–Kier alpha value is -0.740. The summed E-state index contributed by atoms with van der Waals surface area (Å²) in [5, 5.41) is 0.805. The second-order valence-electron chi connectivity index (χ2n) is 4.02. The van der Waals surface area contributed by atoms with E-state index in [9.17, 15) is 0 Å². The quantitative estimate of drug-likeness (QED) is 0.680. The molecule has 0 unspecified atom stereocenters. The normalized spacial score (nSPS) is 10.4. The summed E-state index contributed by atoms with van der Waals surface area (Å²) in [6.07, 6.45) is 0.916. The summed E-state index contributed by atoms with van der Waals surface area (Å²) < 4.78 is 7.00. The van der Waals surface area contributed by atoms with Gasteiger partial charge in [0.2, 0.25) is 0 Å². The van der Waals surface area contributed by atoms with Crippen LogP contribution in [0.5, 0.6) is 5.75 Å². The first-order chi connectivity index (χ1) is 8.69. The zero-order chi connectivity index (χ0) is 13.0. The average Bonchev–Trinajstić information content (AvgIpc) is 2.39. The minimum atomic E-state index is 0.585. The van der Waals surface area contributed by atoms with Crippen LogP contribution in [-0.4, -0.2) is 0 Å². The molecule has 94 valence electrons. The minimum absolute atomic E-state index is 0.585. The molecule has 0 aliphatic rings. The highest BCUT2D eigenvalue weighted by atomic mass is 127. The van der Waals surface area contributed by atoms with Crippen LogP contribution < -0.4 is 4.74 Å². The van der Waals surface area contributed by atoms with E-state index in [-0.39, 0.29) is 0 Å². The number of hydrogen-bond donors (Lipinski definition) is 0. The standard InChI is InChI=1S/C15H14ClIO/c1-2-12-9-14(7-8-15(12)16)18-10-11-3-5-13(17)6-4-11/h3-9H,2,10H2,1H3. The lowest BCUT2D eigenvalue weighted by Crippen LogP contribution is -1.96. The van der Waals surface area contributed by atoms with Gasteiger partial charge in [0.05, 0.1) is 0 Å². The van der Waals surface area contributed by atoms with Crippen LogP contribution in [0.25, 0.3) is 0 Å². The van der Waals surface area contributed by atoms with E-state index in [1.807, 2.05) is 18.2 Å². The molecule has 0 saturated carbocycles. The van der Waals surface area contributed by atoms with Gasteiger partial charge >= 0.3 is 0 Å². The Bertz CT molecular complexity index is 523. The van der Waals surface area contributed by atoms with Crippen molar-refractivity contribution in [2.45, 2.75) is 20.0 Å². The molecule has 2 aromatic rings. The molecule has 0 spiro atoms. The van der Waals surface area contributed by atoms with Crippen molar-refractivity contribution in [1.82, 2.24) is 0 Å². The summed E-state index contributed by atoms with van der Waals surface area (Å²) in [5.74, 6) is 0.870. The molecule has 0 radical (unpaired) electrons. The Kier molecular flexibility index (Phi) is 4.89. The molecular formula is C15H14ClIO. The topological polar surface area (TPSA) is 9.23 Å². The molecule has 0 aliphatic carbocycles. The van der Waals surface area contributed by atoms with Gasteiger partial charge in [0, 0.05) is 8.59 Å². The van der Waals surface area contributed by atoms with Gasteiger partial charge in [0.15, 0.2) is 0 Å². The van der Waals surface area contributed by atoms with Crippen molar-refractivity contribution in [2.75, 3.05) is 0 Å². The fourth-order valence-electron chi connectivity index (χ4n) is 1.66. The van der Waals surface area contributed by atoms with Gasteiger partial charge in [-0.25, -0.2) is 0 Å². The largest absolute Gasteiger partial charge is 0.489 e. The van der Waals surface area contributed by atoms with Crippen molar-refractivity contribution < 1.29 is 4.74 Å². The van der Waals surface area contributed by atoms with E-state index in [1.165, 1.54) is 9.13 Å². The van der Waals surface area contributed by atoms with Crippen LogP contribution in [0, 0.1) is 3.57 Å². The van der Waals surface area contributed by atoms with Crippen molar-refractivity contribution in [3.8, 4) is 5.75 Å². The molecule has 0 saturated heterocycles. The van der Waals surface area contributed by atoms with Crippen molar-refractivity contribution in [2.24, 2.45) is 0 Å². The Morgan fingerprint density at radius 1 is 1.11 bits per heavy atom. The van der Waals surface area contributed by atoms with E-state index in [2.05, 4.69) is 53.8 Å². The highest BCUT2D eigenvalue weighted by molar-refractivity contribution is 14.1. The number of rotatable bonds is 4. The molecular weight excluding hydrogens is 359 g/mol. The van der Waals surface area contributed by atoms with Crippen LogP contribution >= 0.6 is 34.2 Å². The van der Waals surface area contributed by atoms with Crippen LogP contribution in [-0.2, 0) is 13.0 Å². The lowest BCUT2D eigenvalue weighted by Gasteiger charge is -2.09. The molecule has 0 bridgehead atoms. The first-order valence-electron chi connectivity index (χ1n) is 5.84. The van der Waals surface area contributed by atoms with E-state index in [0.29, 0.717) is 6.61 Å². The molecule has 0 aliphatic heterocycles. The summed E-state index contributed by atoms with van der Waals surface area (Å²) in [5.41, 5.74) is 2.29. The number of ether oxygens (including phenoxy) is 1. The third-order valence-corrected chi connectivity index (χ3v) is 3.80. The summed E-state index contributed by atoms with van der Waals surface area (Å²) in [6.45, 7) is 2.67. The van der Waals surface area contributed by atoms with E-state index in [4.69, 9.17) is 16.3 Å². The number of hydrogen-bond acceptors (Lipinski definition) is 1. The molecule has 2 aromatic carbocycles. The molecule has 0 N–H and O–H groups in total. The maximum absolute atomic E-state index is 6.07. The van der Waals surface area contributed by atoms with Gasteiger partial charge in [-0.3, -0.25) is 0 Å². The number of benzene rings is 2.